The molecule has 0 amide bonds. The van der Waals surface area contributed by atoms with Gasteiger partial charge in [-0.3, -0.25) is 0 Å². The van der Waals surface area contributed by atoms with E-state index in [9.17, 15) is 4.39 Å². The van der Waals surface area contributed by atoms with E-state index in [1.807, 2.05) is 6.07 Å². The van der Waals surface area contributed by atoms with Crippen molar-refractivity contribution in [3.05, 3.63) is 34.6 Å². The Labute approximate surface area is 127 Å². The van der Waals surface area contributed by atoms with Gasteiger partial charge in [-0.25, -0.2) is 4.39 Å². The molecule has 0 aliphatic rings. The van der Waals surface area contributed by atoms with Crippen LogP contribution in [0.4, 0.5) is 4.39 Å². The van der Waals surface area contributed by atoms with Crippen LogP contribution < -0.4 is 5.32 Å². The van der Waals surface area contributed by atoms with Gasteiger partial charge in [0.25, 0.3) is 0 Å². The average Bonchev–Trinajstić information content (AvgIpc) is 2.36. The van der Waals surface area contributed by atoms with Crippen LogP contribution in [0.5, 0.6) is 0 Å². The van der Waals surface area contributed by atoms with Crippen LogP contribution >= 0.6 is 11.6 Å². The number of halogens is 2. The van der Waals surface area contributed by atoms with Crippen LogP contribution in [-0.2, 0) is 6.42 Å². The van der Waals surface area contributed by atoms with Gasteiger partial charge in [0.2, 0.25) is 0 Å². The molecule has 1 nitrogen and oxygen atoms in total. The van der Waals surface area contributed by atoms with Gasteiger partial charge in [-0.15, -0.1) is 0 Å². The molecule has 0 aromatic heterocycles. The summed E-state index contributed by atoms with van der Waals surface area (Å²) >= 11 is 5.70. The summed E-state index contributed by atoms with van der Waals surface area (Å²) < 4.78 is 13.4. The second kappa shape index (κ2) is 7.99. The summed E-state index contributed by atoms with van der Waals surface area (Å²) in [6.07, 6.45) is 4.21. The van der Waals surface area contributed by atoms with Crippen molar-refractivity contribution in [2.75, 3.05) is 6.54 Å². The molecule has 1 N–H and O–H groups in total. The van der Waals surface area contributed by atoms with Crippen LogP contribution in [0.3, 0.4) is 0 Å². The van der Waals surface area contributed by atoms with Crippen LogP contribution in [-0.4, -0.2) is 12.6 Å². The zero-order valence-electron chi connectivity index (χ0n) is 13.1. The van der Waals surface area contributed by atoms with E-state index in [4.69, 9.17) is 11.6 Å². The summed E-state index contributed by atoms with van der Waals surface area (Å²) in [4.78, 5) is 0. The standard InChI is InChI=1S/C17H27ClFN/c1-5-11-20-16(17(2,3)4)8-6-7-13-9-10-14(18)15(19)12-13/h9-10,12,16,20H,5-8,11H2,1-4H3. The molecule has 0 saturated heterocycles. The Balaban J connectivity index is 2.49. The molecule has 3 heteroatoms. The highest BCUT2D eigenvalue weighted by atomic mass is 35.5. The lowest BCUT2D eigenvalue weighted by atomic mass is 9.83. The molecule has 1 aromatic carbocycles. The maximum atomic E-state index is 13.4. The Morgan fingerprint density at radius 1 is 1.30 bits per heavy atom. The molecule has 20 heavy (non-hydrogen) atoms. The molecule has 0 fully saturated rings. The average molecular weight is 300 g/mol. The fourth-order valence-electron chi connectivity index (χ4n) is 2.37. The van der Waals surface area contributed by atoms with E-state index in [1.54, 1.807) is 12.1 Å². The zero-order valence-corrected chi connectivity index (χ0v) is 13.9. The molecule has 114 valence electrons. The Bertz CT molecular complexity index is 412. The van der Waals surface area contributed by atoms with Crippen molar-refractivity contribution in [1.29, 1.82) is 0 Å². The van der Waals surface area contributed by atoms with Crippen molar-refractivity contribution in [2.45, 2.75) is 59.4 Å². The second-order valence-corrected chi connectivity index (χ2v) is 6.92. The number of hydrogen-bond donors (Lipinski definition) is 1. The fourth-order valence-corrected chi connectivity index (χ4v) is 2.48. The Hall–Kier alpha value is -0.600. The third kappa shape index (κ3) is 5.80. The minimum absolute atomic E-state index is 0.200. The van der Waals surface area contributed by atoms with Crippen LogP contribution in [0.2, 0.25) is 5.02 Å². The summed E-state index contributed by atoms with van der Waals surface area (Å²) in [5.41, 5.74) is 1.27. The van der Waals surface area contributed by atoms with Crippen LogP contribution in [0.15, 0.2) is 18.2 Å². The topological polar surface area (TPSA) is 12.0 Å². The van der Waals surface area contributed by atoms with E-state index in [0.29, 0.717) is 6.04 Å². The van der Waals surface area contributed by atoms with Gasteiger partial charge in [-0.2, -0.15) is 0 Å². The number of benzene rings is 1. The fraction of sp³-hybridized carbons (Fsp3) is 0.647. The van der Waals surface area contributed by atoms with E-state index < -0.39 is 0 Å². The molecular formula is C17H27ClFN. The van der Waals surface area contributed by atoms with Gasteiger partial charge in [0.05, 0.1) is 5.02 Å². The Kier molecular flexibility index (Phi) is 6.97. The predicted molar refractivity (Wildman–Crippen MR) is 85.9 cm³/mol. The van der Waals surface area contributed by atoms with Gasteiger partial charge in [-0.1, -0.05) is 45.4 Å². The predicted octanol–water partition coefficient (Wildman–Crippen LogP) is 5.22. The molecule has 0 aliphatic carbocycles. The van der Waals surface area contributed by atoms with Gasteiger partial charge < -0.3 is 5.32 Å². The molecule has 0 heterocycles. The summed E-state index contributed by atoms with van der Waals surface area (Å²) in [5.74, 6) is -0.319. The van der Waals surface area contributed by atoms with Crippen molar-refractivity contribution in [3.63, 3.8) is 0 Å². The molecule has 1 rings (SSSR count). The van der Waals surface area contributed by atoms with Gasteiger partial charge in [0.15, 0.2) is 0 Å². The summed E-state index contributed by atoms with van der Waals surface area (Å²) in [7, 11) is 0. The molecule has 1 unspecified atom stereocenters. The monoisotopic (exact) mass is 299 g/mol. The smallest absolute Gasteiger partial charge is 0.142 e. The van der Waals surface area contributed by atoms with Crippen LogP contribution in [0, 0.1) is 11.2 Å². The molecule has 1 aromatic rings. The first-order chi connectivity index (χ1) is 9.34. The molecule has 1 atom stereocenters. The van der Waals surface area contributed by atoms with Gasteiger partial charge in [0.1, 0.15) is 5.82 Å². The van der Waals surface area contributed by atoms with Gasteiger partial charge in [-0.05, 0) is 55.3 Å². The van der Waals surface area contributed by atoms with E-state index in [-0.39, 0.29) is 16.3 Å². The van der Waals surface area contributed by atoms with E-state index in [1.165, 1.54) is 0 Å². The summed E-state index contributed by atoms with van der Waals surface area (Å²) in [6, 6.07) is 5.60. The summed E-state index contributed by atoms with van der Waals surface area (Å²) in [6.45, 7) is 10.0. The van der Waals surface area contributed by atoms with Gasteiger partial charge in [0, 0.05) is 6.04 Å². The highest BCUT2D eigenvalue weighted by Gasteiger charge is 2.23. The number of nitrogens with one attached hydrogen (secondary N) is 1. The second-order valence-electron chi connectivity index (χ2n) is 6.51. The lowest BCUT2D eigenvalue weighted by Gasteiger charge is -2.32. The van der Waals surface area contributed by atoms with E-state index >= 15 is 0 Å². The molecule has 0 radical (unpaired) electrons. The van der Waals surface area contributed by atoms with E-state index in [0.717, 1.165) is 37.8 Å². The Morgan fingerprint density at radius 3 is 2.55 bits per heavy atom. The van der Waals surface area contributed by atoms with Crippen molar-refractivity contribution in [1.82, 2.24) is 5.32 Å². The molecule has 0 aliphatic heterocycles. The van der Waals surface area contributed by atoms with Crippen molar-refractivity contribution < 1.29 is 4.39 Å². The van der Waals surface area contributed by atoms with Crippen LogP contribution in [0.25, 0.3) is 0 Å². The molecular weight excluding hydrogens is 273 g/mol. The number of rotatable bonds is 7. The first kappa shape index (κ1) is 17.5. The lowest BCUT2D eigenvalue weighted by Crippen LogP contribution is -2.40. The maximum absolute atomic E-state index is 13.4. The molecule has 0 bridgehead atoms. The SMILES string of the molecule is CCCNC(CCCc1ccc(Cl)c(F)c1)C(C)(C)C. The largest absolute Gasteiger partial charge is 0.313 e. The highest BCUT2D eigenvalue weighted by molar-refractivity contribution is 6.30. The van der Waals surface area contributed by atoms with Crippen molar-refractivity contribution in [2.24, 2.45) is 5.41 Å². The normalized spacial score (nSPS) is 13.5. The maximum Gasteiger partial charge on any atom is 0.142 e. The third-order valence-electron chi connectivity index (χ3n) is 3.63. The first-order valence-electron chi connectivity index (χ1n) is 7.52. The van der Waals surface area contributed by atoms with Crippen LogP contribution in [0.1, 0.15) is 52.5 Å². The summed E-state index contributed by atoms with van der Waals surface area (Å²) in [5, 5.41) is 3.82. The Morgan fingerprint density at radius 2 is 2.00 bits per heavy atom. The minimum atomic E-state index is -0.319. The molecule has 0 spiro atoms. The first-order valence-corrected chi connectivity index (χ1v) is 7.89. The number of hydrogen-bond acceptors (Lipinski definition) is 1. The zero-order chi connectivity index (χ0) is 15.2. The highest BCUT2D eigenvalue weighted by Crippen LogP contribution is 2.24. The minimum Gasteiger partial charge on any atom is -0.313 e. The lowest BCUT2D eigenvalue weighted by molar-refractivity contribution is 0.251. The van der Waals surface area contributed by atoms with Crippen molar-refractivity contribution in [3.8, 4) is 0 Å². The quantitative estimate of drug-likeness (QED) is 0.728. The number of aryl methyl sites for hydroxylation is 1. The van der Waals surface area contributed by atoms with Gasteiger partial charge >= 0.3 is 0 Å². The van der Waals surface area contributed by atoms with E-state index in [2.05, 4.69) is 33.0 Å². The van der Waals surface area contributed by atoms with Crippen molar-refractivity contribution >= 4 is 11.6 Å². The molecule has 0 saturated carbocycles. The third-order valence-corrected chi connectivity index (χ3v) is 3.93.